The fourth-order valence-corrected chi connectivity index (χ4v) is 2.11. The van der Waals surface area contributed by atoms with E-state index < -0.39 is 11.8 Å². The molecule has 8 heteroatoms. The Morgan fingerprint density at radius 1 is 1.08 bits per heavy atom. The van der Waals surface area contributed by atoms with E-state index in [2.05, 4.69) is 20.8 Å². The molecule has 0 saturated heterocycles. The molecule has 2 heterocycles. The van der Waals surface area contributed by atoms with E-state index in [-0.39, 0.29) is 12.1 Å². The first kappa shape index (κ1) is 15.3. The summed E-state index contributed by atoms with van der Waals surface area (Å²) >= 11 is 0. The van der Waals surface area contributed by atoms with E-state index in [4.69, 9.17) is 0 Å². The highest BCUT2D eigenvalue weighted by Crippen LogP contribution is 2.04. The average Bonchev–Trinajstić information content (AvgIpc) is 2.63. The highest BCUT2D eigenvalue weighted by molar-refractivity contribution is 5.95. The van der Waals surface area contributed by atoms with E-state index in [1.807, 2.05) is 0 Å². The standard InChI is InChI=1S/C16H13N5O3/c22-14(19-20-15(23)11-4-3-7-17-8-11)9-21-10-18-13-6-2-1-5-12(13)16(21)24/h1-8,10H,9H2,(H,19,22)(H,20,23). The molecule has 0 unspecified atom stereocenters. The van der Waals surface area contributed by atoms with Gasteiger partial charge in [0.1, 0.15) is 6.54 Å². The second-order valence-corrected chi connectivity index (χ2v) is 4.94. The summed E-state index contributed by atoms with van der Waals surface area (Å²) in [6, 6.07) is 10.0. The molecule has 2 amide bonds. The fraction of sp³-hybridized carbons (Fsp3) is 0.0625. The van der Waals surface area contributed by atoms with Crippen molar-refractivity contribution in [1.29, 1.82) is 0 Å². The number of nitrogens with zero attached hydrogens (tertiary/aromatic N) is 3. The summed E-state index contributed by atoms with van der Waals surface area (Å²) in [5, 5.41) is 0.423. The van der Waals surface area contributed by atoms with Crippen molar-refractivity contribution in [3.63, 3.8) is 0 Å². The lowest BCUT2D eigenvalue weighted by molar-refractivity contribution is -0.122. The second-order valence-electron chi connectivity index (χ2n) is 4.94. The van der Waals surface area contributed by atoms with Crippen LogP contribution in [0.4, 0.5) is 0 Å². The Balaban J connectivity index is 1.66. The summed E-state index contributed by atoms with van der Waals surface area (Å²) in [5.41, 5.74) is 5.05. The zero-order valence-corrected chi connectivity index (χ0v) is 12.5. The lowest BCUT2D eigenvalue weighted by atomic mass is 10.2. The fourth-order valence-electron chi connectivity index (χ4n) is 2.11. The van der Waals surface area contributed by atoms with Crippen molar-refractivity contribution in [3.05, 3.63) is 71.0 Å². The molecule has 8 nitrogen and oxygen atoms in total. The Labute approximate surface area is 136 Å². The summed E-state index contributed by atoms with van der Waals surface area (Å²) < 4.78 is 1.17. The lowest BCUT2D eigenvalue weighted by Gasteiger charge is -2.09. The van der Waals surface area contributed by atoms with E-state index >= 15 is 0 Å². The number of hydrogen-bond donors (Lipinski definition) is 2. The van der Waals surface area contributed by atoms with Crippen LogP contribution in [-0.2, 0) is 11.3 Å². The number of para-hydroxylation sites is 1. The average molecular weight is 323 g/mol. The summed E-state index contributed by atoms with van der Waals surface area (Å²) in [4.78, 5) is 43.9. The normalized spacial score (nSPS) is 10.3. The molecule has 24 heavy (non-hydrogen) atoms. The number of pyridine rings is 1. The van der Waals surface area contributed by atoms with Crippen LogP contribution < -0.4 is 16.4 Å². The van der Waals surface area contributed by atoms with Gasteiger partial charge in [-0.15, -0.1) is 0 Å². The monoisotopic (exact) mass is 323 g/mol. The zero-order valence-electron chi connectivity index (χ0n) is 12.5. The predicted molar refractivity (Wildman–Crippen MR) is 85.8 cm³/mol. The van der Waals surface area contributed by atoms with E-state index in [0.717, 1.165) is 0 Å². The molecule has 120 valence electrons. The lowest BCUT2D eigenvalue weighted by Crippen LogP contribution is -2.44. The van der Waals surface area contributed by atoms with Crippen LogP contribution in [0.2, 0.25) is 0 Å². The number of fused-ring (bicyclic) bond motifs is 1. The maximum Gasteiger partial charge on any atom is 0.271 e. The molecule has 0 spiro atoms. The van der Waals surface area contributed by atoms with Crippen molar-refractivity contribution in [2.45, 2.75) is 6.54 Å². The third-order valence-electron chi connectivity index (χ3n) is 3.28. The highest BCUT2D eigenvalue weighted by atomic mass is 16.2. The van der Waals surface area contributed by atoms with E-state index in [1.54, 1.807) is 36.4 Å². The molecule has 0 aliphatic carbocycles. The molecule has 0 bridgehead atoms. The van der Waals surface area contributed by atoms with Gasteiger partial charge in [-0.1, -0.05) is 12.1 Å². The van der Waals surface area contributed by atoms with Gasteiger partial charge in [0.25, 0.3) is 17.4 Å². The van der Waals surface area contributed by atoms with Crippen LogP contribution in [0.3, 0.4) is 0 Å². The van der Waals surface area contributed by atoms with Crippen LogP contribution >= 0.6 is 0 Å². The van der Waals surface area contributed by atoms with Crippen molar-refractivity contribution >= 4 is 22.7 Å². The van der Waals surface area contributed by atoms with Gasteiger partial charge in [-0.25, -0.2) is 4.98 Å². The maximum atomic E-state index is 12.3. The Kier molecular flexibility index (Phi) is 4.28. The molecule has 0 saturated carbocycles. The molecule has 1 aromatic carbocycles. The number of hydrogen-bond acceptors (Lipinski definition) is 5. The van der Waals surface area contributed by atoms with Gasteiger partial charge in [-0.2, -0.15) is 0 Å². The first-order chi connectivity index (χ1) is 11.6. The van der Waals surface area contributed by atoms with Crippen LogP contribution in [0.5, 0.6) is 0 Å². The topological polar surface area (TPSA) is 106 Å². The predicted octanol–water partition coefficient (Wildman–Crippen LogP) is 0.253. The summed E-state index contributed by atoms with van der Waals surface area (Å²) in [5.74, 6) is -1.05. The number of rotatable bonds is 3. The molecule has 0 radical (unpaired) electrons. The van der Waals surface area contributed by atoms with Crippen LogP contribution in [0.25, 0.3) is 10.9 Å². The van der Waals surface area contributed by atoms with Gasteiger partial charge in [0.15, 0.2) is 0 Å². The third kappa shape index (κ3) is 3.27. The first-order valence-corrected chi connectivity index (χ1v) is 7.08. The van der Waals surface area contributed by atoms with Crippen molar-refractivity contribution in [1.82, 2.24) is 25.4 Å². The van der Waals surface area contributed by atoms with Crippen molar-refractivity contribution in [2.75, 3.05) is 0 Å². The number of aromatic nitrogens is 3. The number of carbonyl (C=O) groups is 2. The smallest absolute Gasteiger partial charge is 0.271 e. The molecule has 2 aromatic heterocycles. The van der Waals surface area contributed by atoms with E-state index in [1.165, 1.54) is 23.3 Å². The van der Waals surface area contributed by atoms with Gasteiger partial charge >= 0.3 is 0 Å². The van der Waals surface area contributed by atoms with Crippen molar-refractivity contribution in [3.8, 4) is 0 Å². The van der Waals surface area contributed by atoms with Crippen LogP contribution in [0.15, 0.2) is 59.9 Å². The Morgan fingerprint density at radius 2 is 1.92 bits per heavy atom. The van der Waals surface area contributed by atoms with Gasteiger partial charge in [0, 0.05) is 12.4 Å². The zero-order chi connectivity index (χ0) is 16.9. The van der Waals surface area contributed by atoms with E-state index in [9.17, 15) is 14.4 Å². The molecule has 0 fully saturated rings. The maximum absolute atomic E-state index is 12.3. The molecule has 0 atom stereocenters. The summed E-state index contributed by atoms with van der Waals surface area (Å²) in [6.07, 6.45) is 4.21. The quantitative estimate of drug-likeness (QED) is 0.672. The molecule has 2 N–H and O–H groups in total. The van der Waals surface area contributed by atoms with E-state index in [0.29, 0.717) is 16.5 Å². The molecule has 3 aromatic rings. The molecule has 0 aliphatic rings. The van der Waals surface area contributed by atoms with Crippen molar-refractivity contribution in [2.24, 2.45) is 0 Å². The van der Waals surface area contributed by atoms with Crippen LogP contribution in [0, 0.1) is 0 Å². The van der Waals surface area contributed by atoms with Crippen molar-refractivity contribution < 1.29 is 9.59 Å². The van der Waals surface area contributed by atoms with Gasteiger partial charge in [-0.3, -0.25) is 34.8 Å². The van der Waals surface area contributed by atoms with Gasteiger partial charge in [0.05, 0.1) is 22.8 Å². The molecular formula is C16H13N5O3. The molecule has 3 rings (SSSR count). The number of nitrogens with one attached hydrogen (secondary N) is 2. The summed E-state index contributed by atoms with van der Waals surface area (Å²) in [7, 11) is 0. The Bertz CT molecular complexity index is 953. The number of amides is 2. The largest absolute Gasteiger partial charge is 0.289 e. The highest BCUT2D eigenvalue weighted by Gasteiger charge is 2.10. The number of carbonyl (C=O) groups excluding carboxylic acids is 2. The van der Waals surface area contributed by atoms with Gasteiger partial charge in [0.2, 0.25) is 0 Å². The van der Waals surface area contributed by atoms with Gasteiger partial charge in [-0.05, 0) is 24.3 Å². The Morgan fingerprint density at radius 3 is 2.71 bits per heavy atom. The SMILES string of the molecule is O=C(Cn1cnc2ccccc2c1=O)NNC(=O)c1cccnc1. The molecule has 0 aliphatic heterocycles. The minimum atomic E-state index is -0.550. The molecular weight excluding hydrogens is 310 g/mol. The van der Waals surface area contributed by atoms with Gasteiger partial charge < -0.3 is 0 Å². The number of benzene rings is 1. The first-order valence-electron chi connectivity index (χ1n) is 7.08. The number of hydrazine groups is 1. The Hall–Kier alpha value is -3.55. The third-order valence-corrected chi connectivity index (χ3v) is 3.28. The van der Waals surface area contributed by atoms with Crippen LogP contribution in [-0.4, -0.2) is 26.3 Å². The second kappa shape index (κ2) is 6.69. The van der Waals surface area contributed by atoms with Crippen LogP contribution in [0.1, 0.15) is 10.4 Å². The minimum absolute atomic E-state index is 0.260. The minimum Gasteiger partial charge on any atom is -0.289 e. The summed E-state index contributed by atoms with van der Waals surface area (Å²) in [6.45, 7) is -0.260.